The van der Waals surface area contributed by atoms with Gasteiger partial charge in [-0.05, 0) is 25.0 Å². The summed E-state index contributed by atoms with van der Waals surface area (Å²) in [5.41, 5.74) is -1.01. The topological polar surface area (TPSA) is 89.3 Å². The van der Waals surface area contributed by atoms with E-state index in [1.54, 1.807) is 0 Å². The fourth-order valence-electron chi connectivity index (χ4n) is 2.22. The van der Waals surface area contributed by atoms with Gasteiger partial charge in [0, 0.05) is 6.04 Å². The van der Waals surface area contributed by atoms with Gasteiger partial charge in [-0.1, -0.05) is 18.9 Å². The molecule has 0 aliphatic heterocycles. The summed E-state index contributed by atoms with van der Waals surface area (Å²) in [5, 5.41) is 10.8. The minimum atomic E-state index is -4.07. The van der Waals surface area contributed by atoms with E-state index in [2.05, 4.69) is 4.72 Å². The van der Waals surface area contributed by atoms with Crippen molar-refractivity contribution in [2.24, 2.45) is 0 Å². The van der Waals surface area contributed by atoms with Gasteiger partial charge in [0.15, 0.2) is 4.90 Å². The van der Waals surface area contributed by atoms with Gasteiger partial charge >= 0.3 is 5.69 Å². The highest BCUT2D eigenvalue weighted by atomic mass is 32.2. The standard InChI is InChI=1S/C11H13FN2O4S/c12-9-6-3-7-10(11(9)14(15)16)19(17,18)13-8-4-1-2-5-8/h3,6-8,13H,1-2,4-5H2. The van der Waals surface area contributed by atoms with Crippen molar-refractivity contribution in [1.29, 1.82) is 0 Å². The Morgan fingerprint density at radius 3 is 2.53 bits per heavy atom. The molecule has 1 fully saturated rings. The molecule has 0 saturated heterocycles. The number of nitro benzene ring substituents is 1. The summed E-state index contributed by atoms with van der Waals surface area (Å²) in [5.74, 6) is -1.15. The molecule has 19 heavy (non-hydrogen) atoms. The van der Waals surface area contributed by atoms with Gasteiger partial charge in [-0.25, -0.2) is 13.1 Å². The minimum Gasteiger partial charge on any atom is -0.258 e. The summed E-state index contributed by atoms with van der Waals surface area (Å²) < 4.78 is 40.0. The Morgan fingerprint density at radius 1 is 1.32 bits per heavy atom. The molecule has 6 nitrogen and oxygen atoms in total. The third-order valence-electron chi connectivity index (χ3n) is 3.10. The third kappa shape index (κ3) is 2.90. The molecule has 1 N–H and O–H groups in total. The molecule has 1 aliphatic rings. The summed E-state index contributed by atoms with van der Waals surface area (Å²) in [6.07, 6.45) is 3.22. The lowest BCUT2D eigenvalue weighted by molar-refractivity contribution is -0.390. The van der Waals surface area contributed by atoms with Crippen molar-refractivity contribution in [3.05, 3.63) is 34.1 Å². The molecule has 1 saturated carbocycles. The molecule has 104 valence electrons. The number of halogens is 1. The van der Waals surface area contributed by atoms with Crippen molar-refractivity contribution < 1.29 is 17.7 Å². The zero-order valence-electron chi connectivity index (χ0n) is 10.0. The van der Waals surface area contributed by atoms with Crippen LogP contribution in [0.1, 0.15) is 25.7 Å². The van der Waals surface area contributed by atoms with Crippen LogP contribution in [0.2, 0.25) is 0 Å². The lowest BCUT2D eigenvalue weighted by atomic mass is 10.3. The van der Waals surface area contributed by atoms with E-state index in [1.807, 2.05) is 0 Å². The Labute approximate surface area is 109 Å². The molecular formula is C11H13FN2O4S. The second kappa shape index (κ2) is 5.22. The van der Waals surface area contributed by atoms with Crippen LogP contribution in [0.25, 0.3) is 0 Å². The fourth-order valence-corrected chi connectivity index (χ4v) is 3.70. The van der Waals surface area contributed by atoms with E-state index in [9.17, 15) is 22.9 Å². The number of hydrogen-bond donors (Lipinski definition) is 1. The van der Waals surface area contributed by atoms with Gasteiger partial charge in [0.1, 0.15) is 0 Å². The zero-order chi connectivity index (χ0) is 14.0. The van der Waals surface area contributed by atoms with Crippen LogP contribution in [0.15, 0.2) is 23.1 Å². The normalized spacial score (nSPS) is 16.7. The average molecular weight is 288 g/mol. The van der Waals surface area contributed by atoms with Crippen molar-refractivity contribution in [1.82, 2.24) is 4.72 Å². The number of nitrogens with one attached hydrogen (secondary N) is 1. The first-order valence-electron chi connectivity index (χ1n) is 5.87. The first-order valence-corrected chi connectivity index (χ1v) is 7.35. The van der Waals surface area contributed by atoms with Gasteiger partial charge in [-0.2, -0.15) is 4.39 Å². The lowest BCUT2D eigenvalue weighted by Gasteiger charge is -2.12. The molecule has 1 aliphatic carbocycles. The minimum absolute atomic E-state index is 0.229. The Balaban J connectivity index is 2.39. The summed E-state index contributed by atoms with van der Waals surface area (Å²) in [6, 6.07) is 2.82. The number of para-hydroxylation sites is 1. The van der Waals surface area contributed by atoms with E-state index in [4.69, 9.17) is 0 Å². The fraction of sp³-hybridized carbons (Fsp3) is 0.455. The summed E-state index contributed by atoms with van der Waals surface area (Å²) in [4.78, 5) is 9.16. The van der Waals surface area contributed by atoms with Crippen molar-refractivity contribution in [2.45, 2.75) is 36.6 Å². The Bertz CT molecular complexity index is 597. The first-order chi connectivity index (χ1) is 8.92. The van der Waals surface area contributed by atoms with Crippen molar-refractivity contribution >= 4 is 15.7 Å². The molecule has 0 bridgehead atoms. The summed E-state index contributed by atoms with van der Waals surface area (Å²) >= 11 is 0. The van der Waals surface area contributed by atoms with Crippen LogP contribution in [-0.4, -0.2) is 19.4 Å². The monoisotopic (exact) mass is 288 g/mol. The maximum absolute atomic E-state index is 13.4. The van der Waals surface area contributed by atoms with Crippen LogP contribution >= 0.6 is 0 Å². The molecule has 0 radical (unpaired) electrons. The van der Waals surface area contributed by atoms with E-state index in [0.29, 0.717) is 12.8 Å². The van der Waals surface area contributed by atoms with Crippen molar-refractivity contribution in [3.8, 4) is 0 Å². The number of nitrogens with zero attached hydrogens (tertiary/aromatic N) is 1. The van der Waals surface area contributed by atoms with Gasteiger partial charge in [0.2, 0.25) is 15.8 Å². The quantitative estimate of drug-likeness (QED) is 0.677. The molecule has 0 heterocycles. The number of hydrogen-bond acceptors (Lipinski definition) is 4. The van der Waals surface area contributed by atoms with Crippen molar-refractivity contribution in [3.63, 3.8) is 0 Å². The molecule has 0 amide bonds. The third-order valence-corrected chi connectivity index (χ3v) is 4.65. The van der Waals surface area contributed by atoms with E-state index >= 15 is 0 Å². The second-order valence-corrected chi connectivity index (χ2v) is 6.13. The number of nitro groups is 1. The smallest absolute Gasteiger partial charge is 0.258 e. The van der Waals surface area contributed by atoms with Gasteiger partial charge < -0.3 is 0 Å². The van der Waals surface area contributed by atoms with Gasteiger partial charge in [0.25, 0.3) is 0 Å². The van der Waals surface area contributed by atoms with Crippen LogP contribution in [0, 0.1) is 15.9 Å². The van der Waals surface area contributed by atoms with E-state index in [1.165, 1.54) is 0 Å². The highest BCUT2D eigenvalue weighted by Gasteiger charge is 2.31. The lowest BCUT2D eigenvalue weighted by Crippen LogP contribution is -2.33. The number of benzene rings is 1. The van der Waals surface area contributed by atoms with E-state index in [0.717, 1.165) is 31.0 Å². The van der Waals surface area contributed by atoms with Crippen molar-refractivity contribution in [2.75, 3.05) is 0 Å². The predicted octanol–water partition coefficient (Wildman–Crippen LogP) is 1.95. The van der Waals surface area contributed by atoms with Crippen LogP contribution < -0.4 is 4.72 Å². The molecule has 8 heteroatoms. The molecule has 0 aromatic heterocycles. The predicted molar refractivity (Wildman–Crippen MR) is 65.6 cm³/mol. The van der Waals surface area contributed by atoms with Gasteiger partial charge in [-0.15, -0.1) is 0 Å². The molecule has 1 aromatic rings. The van der Waals surface area contributed by atoms with Gasteiger partial charge in [0.05, 0.1) is 4.92 Å². The average Bonchev–Trinajstić information content (AvgIpc) is 2.80. The Hall–Kier alpha value is -1.54. The van der Waals surface area contributed by atoms with Gasteiger partial charge in [-0.3, -0.25) is 10.1 Å². The van der Waals surface area contributed by atoms with E-state index < -0.39 is 31.3 Å². The van der Waals surface area contributed by atoms with Crippen LogP contribution in [0.4, 0.5) is 10.1 Å². The molecule has 2 rings (SSSR count). The molecule has 1 aromatic carbocycles. The highest BCUT2D eigenvalue weighted by molar-refractivity contribution is 7.89. The maximum atomic E-state index is 13.4. The largest absolute Gasteiger partial charge is 0.324 e. The summed E-state index contributed by atoms with van der Waals surface area (Å²) in [6.45, 7) is 0. The number of sulfonamides is 1. The Morgan fingerprint density at radius 2 is 1.95 bits per heavy atom. The molecule has 0 spiro atoms. The SMILES string of the molecule is O=[N+]([O-])c1c(F)cccc1S(=O)(=O)NC1CCCC1. The molecule has 0 atom stereocenters. The maximum Gasteiger partial charge on any atom is 0.324 e. The van der Waals surface area contributed by atoms with Crippen LogP contribution in [-0.2, 0) is 10.0 Å². The van der Waals surface area contributed by atoms with Crippen LogP contribution in [0.5, 0.6) is 0 Å². The number of rotatable bonds is 4. The second-order valence-electron chi connectivity index (χ2n) is 4.45. The highest BCUT2D eigenvalue weighted by Crippen LogP contribution is 2.28. The first kappa shape index (κ1) is 13.9. The van der Waals surface area contributed by atoms with Crippen LogP contribution in [0.3, 0.4) is 0 Å². The molecular weight excluding hydrogens is 275 g/mol. The summed E-state index contributed by atoms with van der Waals surface area (Å²) in [7, 11) is -4.07. The molecule has 0 unspecified atom stereocenters. The van der Waals surface area contributed by atoms with E-state index in [-0.39, 0.29) is 6.04 Å². The zero-order valence-corrected chi connectivity index (χ0v) is 10.8. The Kier molecular flexibility index (Phi) is 3.81.